The maximum absolute atomic E-state index is 13.1. The highest BCUT2D eigenvalue weighted by atomic mass is 35.5. The molecule has 37 heavy (non-hydrogen) atoms. The lowest BCUT2D eigenvalue weighted by Crippen LogP contribution is -2.61. The molecule has 2 aliphatic rings. The van der Waals surface area contributed by atoms with E-state index < -0.39 is 5.60 Å². The quantitative estimate of drug-likeness (QED) is 0.497. The van der Waals surface area contributed by atoms with Gasteiger partial charge in [-0.3, -0.25) is 14.5 Å². The predicted molar refractivity (Wildman–Crippen MR) is 149 cm³/mol. The number of hydrogen-bond donors (Lipinski definition) is 2. The molecule has 7 nitrogen and oxygen atoms in total. The number of amides is 2. The molecule has 11 heteroatoms. The molecule has 2 N–H and O–H groups in total. The van der Waals surface area contributed by atoms with Crippen molar-refractivity contribution >= 4 is 63.9 Å². The van der Waals surface area contributed by atoms with E-state index in [9.17, 15) is 14.7 Å². The van der Waals surface area contributed by atoms with Gasteiger partial charge in [-0.25, -0.2) is 0 Å². The molecular weight excluding hydrogens is 558 g/mol. The van der Waals surface area contributed by atoms with Gasteiger partial charge in [-0.05, 0) is 55.7 Å². The average molecular weight is 588 g/mol. The summed E-state index contributed by atoms with van der Waals surface area (Å²) in [4.78, 5) is 31.0. The van der Waals surface area contributed by atoms with Crippen LogP contribution in [0.15, 0.2) is 30.3 Å². The molecule has 0 aromatic heterocycles. The van der Waals surface area contributed by atoms with Crippen LogP contribution in [0.25, 0.3) is 0 Å². The molecule has 2 saturated heterocycles. The lowest BCUT2D eigenvalue weighted by Gasteiger charge is -2.48. The number of nitrogens with zero attached hydrogens (tertiary/aromatic N) is 3. The van der Waals surface area contributed by atoms with Crippen LogP contribution >= 0.6 is 46.4 Å². The van der Waals surface area contributed by atoms with Crippen LogP contribution in [0.2, 0.25) is 20.1 Å². The molecule has 0 bridgehead atoms. The van der Waals surface area contributed by atoms with Crippen molar-refractivity contribution in [1.82, 2.24) is 14.7 Å². The Morgan fingerprint density at radius 1 is 0.973 bits per heavy atom. The normalized spacial score (nSPS) is 18.8. The van der Waals surface area contributed by atoms with E-state index >= 15 is 0 Å². The molecule has 200 valence electrons. The van der Waals surface area contributed by atoms with Gasteiger partial charge in [-0.1, -0.05) is 46.4 Å². The molecule has 0 aliphatic carbocycles. The summed E-state index contributed by atoms with van der Waals surface area (Å²) < 4.78 is 0. The van der Waals surface area contributed by atoms with Crippen molar-refractivity contribution in [2.75, 3.05) is 45.6 Å². The van der Waals surface area contributed by atoms with E-state index in [0.29, 0.717) is 50.3 Å². The van der Waals surface area contributed by atoms with E-state index in [4.69, 9.17) is 46.4 Å². The lowest BCUT2D eigenvalue weighted by atomic mass is 9.92. The zero-order valence-electron chi connectivity index (χ0n) is 20.9. The van der Waals surface area contributed by atoms with E-state index in [1.165, 1.54) is 11.8 Å². The standard InChI is InChI=1S/C26H30Cl4N4O3/c1-26(37,15-8-16(27)10-17(28)9-15)25(36)33-6-4-20(5-7-33)34-13-19(14-34)31-18-11-21(29)23(22(30)12-18)24(35)32(2)3/h8-12,19-20,31,37H,4-7,13-14H2,1-3H3/t26-/m0/s1. The first-order valence-corrected chi connectivity index (χ1v) is 13.6. The number of halogens is 4. The second-order valence-corrected chi connectivity index (χ2v) is 11.8. The third kappa shape index (κ3) is 6.13. The highest BCUT2D eigenvalue weighted by Gasteiger charge is 2.40. The van der Waals surface area contributed by atoms with Crippen molar-refractivity contribution in [3.63, 3.8) is 0 Å². The Hall–Kier alpha value is -1.74. The van der Waals surface area contributed by atoms with Gasteiger partial charge in [-0.2, -0.15) is 0 Å². The Kier molecular flexibility index (Phi) is 8.53. The van der Waals surface area contributed by atoms with Crippen molar-refractivity contribution in [2.24, 2.45) is 0 Å². The first-order chi connectivity index (χ1) is 17.4. The zero-order valence-corrected chi connectivity index (χ0v) is 23.9. The number of carbonyl (C=O) groups is 2. The fraction of sp³-hybridized carbons (Fsp3) is 0.462. The van der Waals surface area contributed by atoms with E-state index in [-0.39, 0.29) is 17.9 Å². The number of aliphatic hydroxyl groups is 1. The van der Waals surface area contributed by atoms with E-state index in [1.807, 2.05) is 0 Å². The molecule has 4 rings (SSSR count). The molecule has 2 aliphatic heterocycles. The molecule has 0 radical (unpaired) electrons. The van der Waals surface area contributed by atoms with Gasteiger partial charge >= 0.3 is 0 Å². The molecule has 0 unspecified atom stereocenters. The molecule has 2 amide bonds. The Balaban J connectivity index is 1.29. The summed E-state index contributed by atoms with van der Waals surface area (Å²) in [7, 11) is 3.31. The van der Waals surface area contributed by atoms with E-state index in [2.05, 4.69) is 10.2 Å². The van der Waals surface area contributed by atoms with Gasteiger partial charge in [0.15, 0.2) is 5.60 Å². The third-order valence-electron chi connectivity index (χ3n) is 7.05. The maximum atomic E-state index is 13.1. The number of benzene rings is 2. The number of rotatable bonds is 6. The van der Waals surface area contributed by atoms with Crippen molar-refractivity contribution in [3.05, 3.63) is 61.5 Å². The minimum atomic E-state index is -1.71. The number of nitrogens with one attached hydrogen (secondary N) is 1. The largest absolute Gasteiger partial charge is 0.380 e. The summed E-state index contributed by atoms with van der Waals surface area (Å²) in [5, 5.41) is 15.8. The number of hydrogen-bond acceptors (Lipinski definition) is 5. The lowest BCUT2D eigenvalue weighted by molar-refractivity contribution is -0.152. The fourth-order valence-electron chi connectivity index (χ4n) is 4.92. The van der Waals surface area contributed by atoms with Gasteiger partial charge < -0.3 is 20.2 Å². The summed E-state index contributed by atoms with van der Waals surface area (Å²) >= 11 is 24.8. The van der Waals surface area contributed by atoms with Crippen LogP contribution in [0.5, 0.6) is 0 Å². The number of anilines is 1. The number of likely N-dealkylation sites (tertiary alicyclic amines) is 2. The molecule has 2 aromatic rings. The molecule has 0 saturated carbocycles. The highest BCUT2D eigenvalue weighted by molar-refractivity contribution is 6.40. The fourth-order valence-corrected chi connectivity index (χ4v) is 6.10. The smallest absolute Gasteiger partial charge is 0.258 e. The Labute approximate surface area is 237 Å². The number of piperidine rings is 1. The highest BCUT2D eigenvalue weighted by Crippen LogP contribution is 2.33. The van der Waals surface area contributed by atoms with E-state index in [0.717, 1.165) is 31.6 Å². The third-order valence-corrected chi connectivity index (χ3v) is 8.08. The minimum absolute atomic E-state index is 0.232. The molecular formula is C26H30Cl4N4O3. The predicted octanol–water partition coefficient (Wildman–Crippen LogP) is 5.00. The van der Waals surface area contributed by atoms with Crippen molar-refractivity contribution < 1.29 is 14.7 Å². The van der Waals surface area contributed by atoms with Crippen LogP contribution in [-0.2, 0) is 10.4 Å². The second-order valence-electron chi connectivity index (χ2n) is 10.1. The Morgan fingerprint density at radius 3 is 2.03 bits per heavy atom. The monoisotopic (exact) mass is 586 g/mol. The summed E-state index contributed by atoms with van der Waals surface area (Å²) in [5.41, 5.74) is -0.248. The summed E-state index contributed by atoms with van der Waals surface area (Å²) in [6.07, 6.45) is 1.65. The second kappa shape index (κ2) is 11.2. The first kappa shape index (κ1) is 28.3. The Morgan fingerprint density at radius 2 is 1.51 bits per heavy atom. The van der Waals surface area contributed by atoms with Crippen LogP contribution in [-0.4, -0.2) is 84.0 Å². The summed E-state index contributed by atoms with van der Waals surface area (Å²) in [5.74, 6) is -0.587. The average Bonchev–Trinajstić information content (AvgIpc) is 2.79. The first-order valence-electron chi connectivity index (χ1n) is 12.1. The number of carbonyl (C=O) groups excluding carboxylic acids is 2. The summed E-state index contributed by atoms with van der Waals surface area (Å²) in [6.45, 7) is 4.32. The van der Waals surface area contributed by atoms with Crippen LogP contribution in [0.3, 0.4) is 0 Å². The van der Waals surface area contributed by atoms with Gasteiger partial charge in [0.1, 0.15) is 0 Å². The van der Waals surface area contributed by atoms with Gasteiger partial charge in [0, 0.05) is 62.0 Å². The molecule has 1 atom stereocenters. The van der Waals surface area contributed by atoms with Gasteiger partial charge in [-0.15, -0.1) is 0 Å². The topological polar surface area (TPSA) is 76.1 Å². The van der Waals surface area contributed by atoms with Crippen LogP contribution < -0.4 is 5.32 Å². The molecule has 0 spiro atoms. The minimum Gasteiger partial charge on any atom is -0.380 e. The molecule has 2 aromatic carbocycles. The van der Waals surface area contributed by atoms with Gasteiger partial charge in [0.25, 0.3) is 11.8 Å². The van der Waals surface area contributed by atoms with Crippen LogP contribution in [0, 0.1) is 0 Å². The Bertz CT molecular complexity index is 1150. The van der Waals surface area contributed by atoms with E-state index in [1.54, 1.807) is 49.3 Å². The van der Waals surface area contributed by atoms with Crippen LogP contribution in [0.1, 0.15) is 35.7 Å². The SMILES string of the molecule is CN(C)C(=O)c1c(Cl)cc(NC2CN(C3CCN(C(=O)[C@@](C)(O)c4cc(Cl)cc(Cl)c4)CC3)C2)cc1Cl. The zero-order chi connectivity index (χ0) is 27.1. The molecule has 2 heterocycles. The van der Waals surface area contributed by atoms with Gasteiger partial charge in [0.2, 0.25) is 0 Å². The van der Waals surface area contributed by atoms with Crippen molar-refractivity contribution in [1.29, 1.82) is 0 Å². The molecule has 2 fully saturated rings. The van der Waals surface area contributed by atoms with Crippen LogP contribution in [0.4, 0.5) is 5.69 Å². The van der Waals surface area contributed by atoms with Crippen molar-refractivity contribution in [3.8, 4) is 0 Å². The van der Waals surface area contributed by atoms with Crippen molar-refractivity contribution in [2.45, 2.75) is 37.5 Å². The summed E-state index contributed by atoms with van der Waals surface area (Å²) in [6, 6.07) is 8.76. The maximum Gasteiger partial charge on any atom is 0.258 e. The van der Waals surface area contributed by atoms with Gasteiger partial charge in [0.05, 0.1) is 21.7 Å².